The van der Waals surface area contributed by atoms with E-state index in [2.05, 4.69) is 10.4 Å². The van der Waals surface area contributed by atoms with Crippen molar-refractivity contribution in [2.75, 3.05) is 5.32 Å². The van der Waals surface area contributed by atoms with Crippen molar-refractivity contribution in [3.8, 4) is 0 Å². The van der Waals surface area contributed by atoms with Crippen LogP contribution in [0, 0.1) is 0 Å². The zero-order chi connectivity index (χ0) is 16.6. The number of nitrogens with one attached hydrogen (secondary N) is 1. The van der Waals surface area contributed by atoms with Gasteiger partial charge in [0.1, 0.15) is 6.10 Å². The number of aryl methyl sites for hydroxylation is 1. The maximum absolute atomic E-state index is 13.0. The summed E-state index contributed by atoms with van der Waals surface area (Å²) < 4.78 is 45.1. The van der Waals surface area contributed by atoms with E-state index in [4.69, 9.17) is 4.74 Å². The summed E-state index contributed by atoms with van der Waals surface area (Å²) in [5, 5.41) is 5.83. The number of benzene rings is 1. The van der Waals surface area contributed by atoms with E-state index in [9.17, 15) is 18.0 Å². The smallest absolute Gasteiger partial charge is 0.363 e. The maximum Gasteiger partial charge on any atom is 0.435 e. The predicted octanol–water partition coefficient (Wildman–Crippen LogP) is 2.52. The standard InChI is InChI=1S/C15H14F3N3O2/c1-21-13(15(16,17)18)11(7-19-21)20-14(22)12-6-9-4-2-3-5-10(9)8-23-12/h2-5,7,12H,6,8H2,1H3,(H,20,22). The predicted molar refractivity (Wildman–Crippen MR) is 75.6 cm³/mol. The van der Waals surface area contributed by atoms with Gasteiger partial charge in [0.2, 0.25) is 0 Å². The van der Waals surface area contributed by atoms with Crippen molar-refractivity contribution in [3.05, 3.63) is 47.3 Å². The molecule has 0 fully saturated rings. The van der Waals surface area contributed by atoms with Crippen LogP contribution in [0.1, 0.15) is 16.8 Å². The molecule has 0 aliphatic carbocycles. The number of ether oxygens (including phenoxy) is 1. The third kappa shape index (κ3) is 3.07. The topological polar surface area (TPSA) is 56.2 Å². The Morgan fingerprint density at radius 2 is 2.04 bits per heavy atom. The van der Waals surface area contributed by atoms with Crippen LogP contribution < -0.4 is 5.32 Å². The molecule has 0 saturated carbocycles. The van der Waals surface area contributed by atoms with Crippen LogP contribution in [-0.4, -0.2) is 21.8 Å². The van der Waals surface area contributed by atoms with Gasteiger partial charge >= 0.3 is 6.18 Å². The average Bonchev–Trinajstić information content (AvgIpc) is 2.87. The molecule has 1 amide bonds. The Balaban J connectivity index is 1.77. The summed E-state index contributed by atoms with van der Waals surface area (Å²) in [6, 6.07) is 7.49. The number of aromatic nitrogens is 2. The first kappa shape index (κ1) is 15.5. The lowest BCUT2D eigenvalue weighted by Gasteiger charge is -2.24. The largest absolute Gasteiger partial charge is 0.435 e. The molecule has 0 radical (unpaired) electrons. The van der Waals surface area contributed by atoms with Crippen molar-refractivity contribution in [3.63, 3.8) is 0 Å². The average molecular weight is 325 g/mol. The summed E-state index contributed by atoms with van der Waals surface area (Å²) in [4.78, 5) is 12.2. The molecule has 1 atom stereocenters. The van der Waals surface area contributed by atoms with E-state index in [0.29, 0.717) is 11.1 Å². The van der Waals surface area contributed by atoms with Crippen molar-refractivity contribution < 1.29 is 22.7 Å². The number of fused-ring (bicyclic) bond motifs is 1. The van der Waals surface area contributed by atoms with Crippen molar-refractivity contribution in [2.24, 2.45) is 7.05 Å². The SMILES string of the molecule is Cn1ncc(NC(=O)C2Cc3ccccc3CO2)c1C(F)(F)F. The first-order valence-electron chi connectivity index (χ1n) is 6.94. The fraction of sp³-hybridized carbons (Fsp3) is 0.333. The van der Waals surface area contributed by atoms with Gasteiger partial charge in [-0.15, -0.1) is 0 Å². The lowest BCUT2D eigenvalue weighted by atomic mass is 9.99. The molecule has 0 spiro atoms. The maximum atomic E-state index is 13.0. The van der Waals surface area contributed by atoms with E-state index in [0.717, 1.165) is 17.3 Å². The minimum atomic E-state index is -4.60. The molecule has 5 nitrogen and oxygen atoms in total. The van der Waals surface area contributed by atoms with Gasteiger partial charge in [0.05, 0.1) is 18.5 Å². The third-order valence-electron chi connectivity index (χ3n) is 3.72. The Hall–Kier alpha value is -2.35. The lowest BCUT2D eigenvalue weighted by molar-refractivity contribution is -0.143. The molecule has 0 bridgehead atoms. The Morgan fingerprint density at radius 1 is 1.35 bits per heavy atom. The number of amides is 1. The van der Waals surface area contributed by atoms with Gasteiger partial charge in [-0.1, -0.05) is 24.3 Å². The molecular weight excluding hydrogens is 311 g/mol. The first-order valence-corrected chi connectivity index (χ1v) is 6.94. The normalized spacial score (nSPS) is 17.7. The Labute approximate surface area is 130 Å². The Bertz CT molecular complexity index is 740. The molecular formula is C15H14F3N3O2. The molecule has 1 aromatic carbocycles. The molecule has 1 aliphatic rings. The van der Waals surface area contributed by atoms with Crippen molar-refractivity contribution in [1.29, 1.82) is 0 Å². The first-order chi connectivity index (χ1) is 10.9. The lowest BCUT2D eigenvalue weighted by Crippen LogP contribution is -2.35. The fourth-order valence-corrected chi connectivity index (χ4v) is 2.59. The minimum absolute atomic E-state index is 0.257. The molecule has 8 heteroatoms. The summed E-state index contributed by atoms with van der Waals surface area (Å²) in [6.07, 6.45) is -4.12. The van der Waals surface area contributed by atoms with Gasteiger partial charge in [0, 0.05) is 13.5 Å². The molecule has 0 saturated heterocycles. The monoisotopic (exact) mass is 325 g/mol. The highest BCUT2D eigenvalue weighted by Gasteiger charge is 2.38. The third-order valence-corrected chi connectivity index (χ3v) is 3.72. The summed E-state index contributed by atoms with van der Waals surface area (Å²) in [5.41, 5.74) is 0.574. The molecule has 1 unspecified atom stereocenters. The zero-order valence-electron chi connectivity index (χ0n) is 12.2. The quantitative estimate of drug-likeness (QED) is 0.923. The molecule has 1 aliphatic heterocycles. The van der Waals surface area contributed by atoms with Crippen molar-refractivity contribution in [2.45, 2.75) is 25.3 Å². The number of hydrogen-bond donors (Lipinski definition) is 1. The summed E-state index contributed by atoms with van der Waals surface area (Å²) >= 11 is 0. The van der Waals surface area contributed by atoms with Crippen LogP contribution in [0.2, 0.25) is 0 Å². The van der Waals surface area contributed by atoms with Crippen molar-refractivity contribution in [1.82, 2.24) is 9.78 Å². The highest BCUT2D eigenvalue weighted by molar-refractivity contribution is 5.95. The van der Waals surface area contributed by atoms with Crippen LogP contribution in [0.25, 0.3) is 0 Å². The van der Waals surface area contributed by atoms with Gasteiger partial charge in [0.25, 0.3) is 5.91 Å². The summed E-state index contributed by atoms with van der Waals surface area (Å²) in [5.74, 6) is -0.613. The molecule has 3 rings (SSSR count). The van der Waals surface area contributed by atoms with Gasteiger partial charge in [0.15, 0.2) is 5.69 Å². The minimum Gasteiger partial charge on any atom is -0.363 e. The second-order valence-corrected chi connectivity index (χ2v) is 5.29. The number of carbonyl (C=O) groups is 1. The van der Waals surface area contributed by atoms with Crippen LogP contribution in [0.5, 0.6) is 0 Å². The second-order valence-electron chi connectivity index (χ2n) is 5.29. The van der Waals surface area contributed by atoms with E-state index in [1.807, 2.05) is 24.3 Å². The van der Waals surface area contributed by atoms with Crippen LogP contribution in [0.3, 0.4) is 0 Å². The fourth-order valence-electron chi connectivity index (χ4n) is 2.59. The summed E-state index contributed by atoms with van der Waals surface area (Å²) in [7, 11) is 1.17. The van der Waals surface area contributed by atoms with Gasteiger partial charge in [-0.3, -0.25) is 9.48 Å². The van der Waals surface area contributed by atoms with Gasteiger partial charge in [-0.05, 0) is 11.1 Å². The number of alkyl halides is 3. The van der Waals surface area contributed by atoms with Crippen LogP contribution >= 0.6 is 0 Å². The molecule has 23 heavy (non-hydrogen) atoms. The van der Waals surface area contributed by atoms with Crippen molar-refractivity contribution >= 4 is 11.6 Å². The highest BCUT2D eigenvalue weighted by Crippen LogP contribution is 2.34. The number of anilines is 1. The van der Waals surface area contributed by atoms with Crippen LogP contribution in [0.15, 0.2) is 30.5 Å². The number of rotatable bonds is 2. The Morgan fingerprint density at radius 3 is 2.74 bits per heavy atom. The van der Waals surface area contributed by atoms with Gasteiger partial charge in [-0.25, -0.2) is 0 Å². The van der Waals surface area contributed by atoms with E-state index < -0.39 is 23.9 Å². The number of hydrogen-bond acceptors (Lipinski definition) is 3. The number of halogens is 3. The highest BCUT2D eigenvalue weighted by atomic mass is 19.4. The Kier molecular flexibility index (Phi) is 3.85. The molecule has 122 valence electrons. The van der Waals surface area contributed by atoms with Gasteiger partial charge < -0.3 is 10.1 Å². The van der Waals surface area contributed by atoms with E-state index >= 15 is 0 Å². The molecule has 2 aromatic rings. The second kappa shape index (κ2) is 5.69. The van der Waals surface area contributed by atoms with Gasteiger partial charge in [-0.2, -0.15) is 18.3 Å². The summed E-state index contributed by atoms with van der Waals surface area (Å²) in [6.45, 7) is 0.257. The molecule has 2 heterocycles. The van der Waals surface area contributed by atoms with E-state index in [-0.39, 0.29) is 12.3 Å². The zero-order valence-corrected chi connectivity index (χ0v) is 12.2. The van der Waals surface area contributed by atoms with Crippen LogP contribution in [0.4, 0.5) is 18.9 Å². The number of nitrogens with zero attached hydrogens (tertiary/aromatic N) is 2. The van der Waals surface area contributed by atoms with E-state index in [1.165, 1.54) is 7.05 Å². The van der Waals surface area contributed by atoms with Crippen LogP contribution in [-0.2, 0) is 35.8 Å². The molecule has 1 N–H and O–H groups in total. The van der Waals surface area contributed by atoms with E-state index in [1.54, 1.807) is 0 Å². The number of carbonyl (C=O) groups excluding carboxylic acids is 1. The molecule has 1 aromatic heterocycles.